The molecule has 1 aromatic rings. The summed E-state index contributed by atoms with van der Waals surface area (Å²) in [5.41, 5.74) is 0.850. The molecule has 5 heteroatoms. The number of carboxylic acids is 1. The molecule has 0 aromatic heterocycles. The number of carbonyl (C=O) groups is 3. The Labute approximate surface area is 118 Å². The van der Waals surface area contributed by atoms with Crippen LogP contribution in [-0.4, -0.2) is 28.8 Å². The first-order valence-corrected chi connectivity index (χ1v) is 6.46. The van der Waals surface area contributed by atoms with Crippen LogP contribution in [-0.2, 0) is 4.79 Å². The van der Waals surface area contributed by atoms with Gasteiger partial charge in [0.15, 0.2) is 5.78 Å². The van der Waals surface area contributed by atoms with Gasteiger partial charge in [-0.2, -0.15) is 0 Å². The van der Waals surface area contributed by atoms with Gasteiger partial charge in [-0.3, -0.25) is 9.59 Å². The van der Waals surface area contributed by atoms with Crippen LogP contribution in [0, 0.1) is 5.92 Å². The maximum atomic E-state index is 12.0. The smallest absolute Gasteiger partial charge is 0.326 e. The molecule has 0 aliphatic rings. The molecule has 0 saturated heterocycles. The van der Waals surface area contributed by atoms with Crippen molar-refractivity contribution < 1.29 is 19.5 Å². The van der Waals surface area contributed by atoms with Crippen LogP contribution in [0.25, 0.3) is 0 Å². The number of ketones is 1. The van der Waals surface area contributed by atoms with Crippen LogP contribution in [0.1, 0.15) is 47.9 Å². The zero-order valence-corrected chi connectivity index (χ0v) is 11.8. The highest BCUT2D eigenvalue weighted by atomic mass is 16.4. The van der Waals surface area contributed by atoms with E-state index in [1.807, 2.05) is 13.8 Å². The summed E-state index contributed by atoms with van der Waals surface area (Å²) in [4.78, 5) is 34.2. The SMILES string of the molecule is CC(=O)c1ccc(C(=O)N[C@H](CC(C)C)C(=O)O)cc1. The van der Waals surface area contributed by atoms with Crippen molar-refractivity contribution in [1.29, 1.82) is 0 Å². The van der Waals surface area contributed by atoms with Crippen LogP contribution in [0.3, 0.4) is 0 Å². The number of nitrogens with one attached hydrogen (secondary N) is 1. The molecule has 0 radical (unpaired) electrons. The quantitative estimate of drug-likeness (QED) is 0.780. The Hall–Kier alpha value is -2.17. The van der Waals surface area contributed by atoms with E-state index in [0.717, 1.165) is 0 Å². The molecule has 0 saturated carbocycles. The van der Waals surface area contributed by atoms with Gasteiger partial charge in [-0.15, -0.1) is 0 Å². The standard InChI is InChI=1S/C15H19NO4/c1-9(2)8-13(15(19)20)16-14(18)12-6-4-11(5-7-12)10(3)17/h4-7,9,13H,8H2,1-3H3,(H,16,18)(H,19,20)/t13-/m1/s1. The summed E-state index contributed by atoms with van der Waals surface area (Å²) in [6.45, 7) is 5.23. The number of amides is 1. The number of aliphatic carboxylic acids is 1. The van der Waals surface area contributed by atoms with Gasteiger partial charge in [-0.25, -0.2) is 4.79 Å². The summed E-state index contributed by atoms with van der Waals surface area (Å²) in [5.74, 6) is -1.42. The van der Waals surface area contributed by atoms with Gasteiger partial charge in [0.2, 0.25) is 0 Å². The summed E-state index contributed by atoms with van der Waals surface area (Å²) in [7, 11) is 0. The lowest BCUT2D eigenvalue weighted by Crippen LogP contribution is -2.41. The number of benzene rings is 1. The summed E-state index contributed by atoms with van der Waals surface area (Å²) in [6.07, 6.45) is 0.368. The van der Waals surface area contributed by atoms with Crippen molar-refractivity contribution in [1.82, 2.24) is 5.32 Å². The molecule has 1 rings (SSSR count). The maximum Gasteiger partial charge on any atom is 0.326 e. The Balaban J connectivity index is 2.78. The highest BCUT2D eigenvalue weighted by Crippen LogP contribution is 2.08. The first-order valence-electron chi connectivity index (χ1n) is 6.46. The van der Waals surface area contributed by atoms with E-state index in [-0.39, 0.29) is 11.7 Å². The summed E-state index contributed by atoms with van der Waals surface area (Å²) < 4.78 is 0. The number of hydrogen-bond acceptors (Lipinski definition) is 3. The van der Waals surface area contributed by atoms with Crippen LogP contribution in [0.2, 0.25) is 0 Å². The van der Waals surface area contributed by atoms with Gasteiger partial charge in [-0.1, -0.05) is 26.0 Å². The Morgan fingerprint density at radius 2 is 1.60 bits per heavy atom. The normalized spacial score (nSPS) is 12.0. The Morgan fingerprint density at radius 1 is 1.10 bits per heavy atom. The zero-order valence-electron chi connectivity index (χ0n) is 11.8. The Bertz CT molecular complexity index is 505. The summed E-state index contributed by atoms with van der Waals surface area (Å²) in [5, 5.41) is 11.6. The largest absolute Gasteiger partial charge is 0.480 e. The lowest BCUT2D eigenvalue weighted by atomic mass is 10.0. The average molecular weight is 277 g/mol. The fourth-order valence-electron chi connectivity index (χ4n) is 1.79. The lowest BCUT2D eigenvalue weighted by molar-refractivity contribution is -0.139. The molecule has 0 aliphatic carbocycles. The van der Waals surface area contributed by atoms with Crippen molar-refractivity contribution in [2.24, 2.45) is 5.92 Å². The van der Waals surface area contributed by atoms with Crippen molar-refractivity contribution >= 4 is 17.7 Å². The van der Waals surface area contributed by atoms with Crippen molar-refractivity contribution in [3.63, 3.8) is 0 Å². The van der Waals surface area contributed by atoms with Gasteiger partial charge < -0.3 is 10.4 Å². The van der Waals surface area contributed by atoms with E-state index in [1.54, 1.807) is 12.1 Å². The van der Waals surface area contributed by atoms with E-state index in [2.05, 4.69) is 5.32 Å². The van der Waals surface area contributed by atoms with Crippen LogP contribution >= 0.6 is 0 Å². The van der Waals surface area contributed by atoms with Crippen molar-refractivity contribution in [2.45, 2.75) is 33.2 Å². The third kappa shape index (κ3) is 4.50. The average Bonchev–Trinajstić information content (AvgIpc) is 2.37. The van der Waals surface area contributed by atoms with E-state index in [0.29, 0.717) is 17.5 Å². The monoisotopic (exact) mass is 277 g/mol. The molecule has 1 aromatic carbocycles. The van der Waals surface area contributed by atoms with E-state index in [1.165, 1.54) is 19.1 Å². The topological polar surface area (TPSA) is 83.5 Å². The van der Waals surface area contributed by atoms with E-state index in [9.17, 15) is 14.4 Å². The molecule has 20 heavy (non-hydrogen) atoms. The molecule has 2 N–H and O–H groups in total. The second-order valence-electron chi connectivity index (χ2n) is 5.13. The highest BCUT2D eigenvalue weighted by Gasteiger charge is 2.21. The fourth-order valence-corrected chi connectivity index (χ4v) is 1.79. The number of Topliss-reactive ketones (excluding diaryl/α,β-unsaturated/α-hetero) is 1. The number of carbonyl (C=O) groups excluding carboxylic acids is 2. The third-order valence-corrected chi connectivity index (χ3v) is 2.86. The van der Waals surface area contributed by atoms with Gasteiger partial charge in [0.25, 0.3) is 5.91 Å². The van der Waals surface area contributed by atoms with Crippen molar-refractivity contribution in [3.05, 3.63) is 35.4 Å². The molecule has 0 fully saturated rings. The van der Waals surface area contributed by atoms with Crippen LogP contribution in [0.15, 0.2) is 24.3 Å². The molecular formula is C15H19NO4. The molecular weight excluding hydrogens is 258 g/mol. The molecule has 0 bridgehead atoms. The Morgan fingerprint density at radius 3 is 2.00 bits per heavy atom. The minimum absolute atomic E-state index is 0.0832. The molecule has 0 aliphatic heterocycles. The molecule has 0 heterocycles. The van der Waals surface area contributed by atoms with E-state index in [4.69, 9.17) is 5.11 Å². The number of carboxylic acid groups (broad SMARTS) is 1. The van der Waals surface area contributed by atoms with Crippen LogP contribution in [0.4, 0.5) is 0 Å². The maximum absolute atomic E-state index is 12.0. The molecule has 5 nitrogen and oxygen atoms in total. The predicted octanol–water partition coefficient (Wildman–Crippen LogP) is 2.12. The molecule has 0 unspecified atom stereocenters. The molecule has 1 atom stereocenters. The van der Waals surface area contributed by atoms with Gasteiger partial charge in [0, 0.05) is 11.1 Å². The third-order valence-electron chi connectivity index (χ3n) is 2.86. The minimum Gasteiger partial charge on any atom is -0.480 e. The summed E-state index contributed by atoms with van der Waals surface area (Å²) in [6, 6.07) is 5.22. The predicted molar refractivity (Wildman–Crippen MR) is 74.8 cm³/mol. The van der Waals surface area contributed by atoms with Gasteiger partial charge in [0.1, 0.15) is 6.04 Å². The van der Waals surface area contributed by atoms with Gasteiger partial charge in [0.05, 0.1) is 0 Å². The van der Waals surface area contributed by atoms with E-state index < -0.39 is 17.9 Å². The van der Waals surface area contributed by atoms with Crippen molar-refractivity contribution in [3.8, 4) is 0 Å². The van der Waals surface area contributed by atoms with Gasteiger partial charge >= 0.3 is 5.97 Å². The molecule has 108 valence electrons. The Kier molecular flexibility index (Phi) is 5.43. The van der Waals surface area contributed by atoms with Crippen LogP contribution < -0.4 is 5.32 Å². The second-order valence-corrected chi connectivity index (χ2v) is 5.13. The first kappa shape index (κ1) is 15.9. The fraction of sp³-hybridized carbons (Fsp3) is 0.400. The molecule has 1 amide bonds. The molecule has 0 spiro atoms. The number of rotatable bonds is 6. The minimum atomic E-state index is -1.05. The number of hydrogen-bond donors (Lipinski definition) is 2. The zero-order chi connectivity index (χ0) is 15.3. The van der Waals surface area contributed by atoms with E-state index >= 15 is 0 Å². The summed E-state index contributed by atoms with van der Waals surface area (Å²) >= 11 is 0. The lowest BCUT2D eigenvalue weighted by Gasteiger charge is -2.16. The first-order chi connectivity index (χ1) is 9.31. The van der Waals surface area contributed by atoms with Gasteiger partial charge in [-0.05, 0) is 31.4 Å². The highest BCUT2D eigenvalue weighted by molar-refractivity contribution is 5.98. The van der Waals surface area contributed by atoms with Crippen LogP contribution in [0.5, 0.6) is 0 Å². The second kappa shape index (κ2) is 6.84. The van der Waals surface area contributed by atoms with Crippen molar-refractivity contribution in [2.75, 3.05) is 0 Å².